The minimum Gasteiger partial charge on any atom is -0.467 e. The molecule has 2 aliphatic rings. The normalized spacial score (nSPS) is 22.1. The lowest BCUT2D eigenvalue weighted by atomic mass is 9.74. The van der Waals surface area contributed by atoms with E-state index in [1.165, 1.54) is 5.56 Å². The maximum absolute atomic E-state index is 12.9. The van der Waals surface area contributed by atoms with Gasteiger partial charge in [-0.2, -0.15) is 0 Å². The highest BCUT2D eigenvalue weighted by atomic mass is 16.3. The predicted molar refractivity (Wildman–Crippen MR) is 94.9 cm³/mol. The van der Waals surface area contributed by atoms with E-state index in [0.29, 0.717) is 6.42 Å². The molecule has 0 amide bonds. The Morgan fingerprint density at radius 1 is 1.17 bits per heavy atom. The average Bonchev–Trinajstić information content (AvgIpc) is 2.96. The summed E-state index contributed by atoms with van der Waals surface area (Å²) in [6.07, 6.45) is 3.06. The molecule has 24 heavy (non-hydrogen) atoms. The Morgan fingerprint density at radius 2 is 2.00 bits per heavy atom. The van der Waals surface area contributed by atoms with Crippen molar-refractivity contribution in [3.05, 3.63) is 59.2 Å². The van der Waals surface area contributed by atoms with Crippen molar-refractivity contribution in [1.29, 1.82) is 0 Å². The molecule has 1 aromatic heterocycles. The number of aryl methyl sites for hydroxylation is 1. The molecule has 1 aromatic carbocycles. The van der Waals surface area contributed by atoms with Crippen molar-refractivity contribution in [2.75, 3.05) is 10.6 Å². The van der Waals surface area contributed by atoms with Crippen molar-refractivity contribution >= 4 is 17.2 Å². The third-order valence-electron chi connectivity index (χ3n) is 4.80. The second-order valence-corrected chi connectivity index (χ2v) is 7.60. The number of nitrogens with one attached hydrogen (secondary N) is 2. The molecular formula is C20H22N2O2. The Balaban J connectivity index is 1.89. The van der Waals surface area contributed by atoms with Gasteiger partial charge < -0.3 is 15.1 Å². The monoisotopic (exact) mass is 322 g/mol. The second kappa shape index (κ2) is 5.26. The van der Waals surface area contributed by atoms with Crippen LogP contribution in [0.4, 0.5) is 11.4 Å². The molecule has 4 heteroatoms. The molecule has 0 saturated heterocycles. The first-order valence-electron chi connectivity index (χ1n) is 8.37. The number of hydrogen-bond acceptors (Lipinski definition) is 4. The lowest BCUT2D eigenvalue weighted by Gasteiger charge is -2.33. The van der Waals surface area contributed by atoms with E-state index in [4.69, 9.17) is 4.42 Å². The van der Waals surface area contributed by atoms with Gasteiger partial charge in [0.05, 0.1) is 17.6 Å². The Morgan fingerprint density at radius 3 is 2.75 bits per heavy atom. The topological polar surface area (TPSA) is 54.3 Å². The van der Waals surface area contributed by atoms with Gasteiger partial charge in [-0.15, -0.1) is 0 Å². The third-order valence-corrected chi connectivity index (χ3v) is 4.80. The molecule has 0 spiro atoms. The van der Waals surface area contributed by atoms with Crippen LogP contribution in [0.1, 0.15) is 44.1 Å². The first-order valence-corrected chi connectivity index (χ1v) is 8.37. The van der Waals surface area contributed by atoms with Crippen LogP contribution >= 0.6 is 0 Å². The number of carbonyl (C=O) groups excluding carboxylic acids is 1. The molecule has 4 nitrogen and oxygen atoms in total. The van der Waals surface area contributed by atoms with E-state index in [-0.39, 0.29) is 17.2 Å². The number of hydrogen-bond donors (Lipinski definition) is 2. The molecular weight excluding hydrogens is 300 g/mol. The van der Waals surface area contributed by atoms with Crippen LogP contribution in [-0.2, 0) is 4.79 Å². The lowest BCUT2D eigenvalue weighted by molar-refractivity contribution is -0.118. The van der Waals surface area contributed by atoms with Crippen molar-refractivity contribution in [3.8, 4) is 0 Å². The van der Waals surface area contributed by atoms with Gasteiger partial charge >= 0.3 is 0 Å². The first-order chi connectivity index (χ1) is 11.4. The summed E-state index contributed by atoms with van der Waals surface area (Å²) in [5, 5.41) is 7.05. The Labute approximate surface area is 141 Å². The molecule has 0 radical (unpaired) electrons. The molecule has 1 aliphatic heterocycles. The SMILES string of the molecule is Cc1ccc2c(c1)NC(c1ccco1)C1=C(CC(C)(C)CC1=O)N2. The minimum absolute atomic E-state index is 0.0359. The largest absolute Gasteiger partial charge is 0.467 e. The molecule has 2 N–H and O–H groups in total. The van der Waals surface area contributed by atoms with Crippen LogP contribution in [-0.4, -0.2) is 5.78 Å². The summed E-state index contributed by atoms with van der Waals surface area (Å²) in [6.45, 7) is 6.36. The van der Waals surface area contributed by atoms with Crippen LogP contribution in [0.5, 0.6) is 0 Å². The van der Waals surface area contributed by atoms with Crippen LogP contribution in [0.25, 0.3) is 0 Å². The molecule has 0 saturated carbocycles. The summed E-state index contributed by atoms with van der Waals surface area (Å²) in [4.78, 5) is 12.9. The van der Waals surface area contributed by atoms with Gasteiger partial charge in [-0.1, -0.05) is 19.9 Å². The number of carbonyl (C=O) groups is 1. The third kappa shape index (κ3) is 2.52. The smallest absolute Gasteiger partial charge is 0.163 e. The lowest BCUT2D eigenvalue weighted by Crippen LogP contribution is -2.31. The first kappa shape index (κ1) is 15.1. The number of benzene rings is 1. The van der Waals surface area contributed by atoms with Gasteiger partial charge in [0.1, 0.15) is 11.8 Å². The van der Waals surface area contributed by atoms with E-state index in [1.807, 2.05) is 12.1 Å². The fraction of sp³-hybridized carbons (Fsp3) is 0.350. The van der Waals surface area contributed by atoms with Crippen LogP contribution in [0, 0.1) is 12.3 Å². The average molecular weight is 322 g/mol. The zero-order chi connectivity index (χ0) is 16.9. The van der Waals surface area contributed by atoms with Crippen molar-refractivity contribution < 1.29 is 9.21 Å². The number of anilines is 2. The van der Waals surface area contributed by atoms with E-state index in [2.05, 4.69) is 49.6 Å². The summed E-state index contributed by atoms with van der Waals surface area (Å²) >= 11 is 0. The number of furan rings is 1. The molecule has 0 fully saturated rings. The van der Waals surface area contributed by atoms with E-state index in [0.717, 1.165) is 34.8 Å². The maximum Gasteiger partial charge on any atom is 0.163 e. The van der Waals surface area contributed by atoms with Gasteiger partial charge in [0.15, 0.2) is 5.78 Å². The second-order valence-electron chi connectivity index (χ2n) is 7.60. The summed E-state index contributed by atoms with van der Waals surface area (Å²) in [5.74, 6) is 0.957. The van der Waals surface area contributed by atoms with Crippen molar-refractivity contribution in [2.24, 2.45) is 5.41 Å². The van der Waals surface area contributed by atoms with Crippen molar-refractivity contribution in [3.63, 3.8) is 0 Å². The molecule has 0 bridgehead atoms. The van der Waals surface area contributed by atoms with Crippen molar-refractivity contribution in [2.45, 2.75) is 39.7 Å². The van der Waals surface area contributed by atoms with E-state index in [1.54, 1.807) is 6.26 Å². The van der Waals surface area contributed by atoms with Gasteiger partial charge in [0.25, 0.3) is 0 Å². The number of allylic oxidation sites excluding steroid dienone is 1. The molecule has 1 unspecified atom stereocenters. The number of fused-ring (bicyclic) bond motifs is 1. The Hall–Kier alpha value is -2.49. The van der Waals surface area contributed by atoms with Gasteiger partial charge in [-0.25, -0.2) is 0 Å². The summed E-state index contributed by atoms with van der Waals surface area (Å²) in [7, 11) is 0. The van der Waals surface area contributed by atoms with Crippen LogP contribution in [0.15, 0.2) is 52.3 Å². The van der Waals surface area contributed by atoms with Crippen LogP contribution in [0.2, 0.25) is 0 Å². The number of Topliss-reactive ketones (excluding diaryl/α,β-unsaturated/α-hetero) is 1. The van der Waals surface area contributed by atoms with E-state index in [9.17, 15) is 4.79 Å². The van der Waals surface area contributed by atoms with Crippen molar-refractivity contribution in [1.82, 2.24) is 0 Å². The zero-order valence-corrected chi connectivity index (χ0v) is 14.3. The molecule has 4 rings (SSSR count). The van der Waals surface area contributed by atoms with Gasteiger partial charge in [-0.3, -0.25) is 4.79 Å². The standard InChI is InChI=1S/C20H22N2O2/c1-12-6-7-13-14(9-12)22-19(17-5-4-8-24-17)18-15(21-13)10-20(2,3)11-16(18)23/h4-9,19,21-22H,10-11H2,1-3H3. The van der Waals surface area contributed by atoms with Gasteiger partial charge in [0, 0.05) is 17.7 Å². The van der Waals surface area contributed by atoms with Gasteiger partial charge in [-0.05, 0) is 48.6 Å². The summed E-state index contributed by atoms with van der Waals surface area (Å²) in [5.41, 5.74) is 4.95. The summed E-state index contributed by atoms with van der Waals surface area (Å²) in [6, 6.07) is 9.79. The Bertz CT molecular complexity index is 831. The highest BCUT2D eigenvalue weighted by Gasteiger charge is 2.39. The minimum atomic E-state index is -0.255. The van der Waals surface area contributed by atoms with E-state index < -0.39 is 0 Å². The fourth-order valence-electron chi connectivity index (χ4n) is 3.73. The molecule has 2 aromatic rings. The quantitative estimate of drug-likeness (QED) is 0.791. The fourth-order valence-corrected chi connectivity index (χ4v) is 3.73. The van der Waals surface area contributed by atoms with Gasteiger partial charge in [0.2, 0.25) is 0 Å². The molecule has 1 atom stereocenters. The highest BCUT2D eigenvalue weighted by Crippen LogP contribution is 2.45. The Kier molecular flexibility index (Phi) is 3.30. The summed E-state index contributed by atoms with van der Waals surface area (Å²) < 4.78 is 5.65. The molecule has 124 valence electrons. The zero-order valence-electron chi connectivity index (χ0n) is 14.3. The van der Waals surface area contributed by atoms with E-state index >= 15 is 0 Å². The number of rotatable bonds is 1. The number of ketones is 1. The predicted octanol–water partition coefficient (Wildman–Crippen LogP) is 4.81. The van der Waals surface area contributed by atoms with Crippen LogP contribution < -0.4 is 10.6 Å². The van der Waals surface area contributed by atoms with Crippen LogP contribution in [0.3, 0.4) is 0 Å². The molecule has 2 heterocycles. The molecule has 1 aliphatic carbocycles. The maximum atomic E-state index is 12.9. The highest BCUT2D eigenvalue weighted by molar-refractivity contribution is 6.01.